The fourth-order valence-corrected chi connectivity index (χ4v) is 3.31. The van der Waals surface area contributed by atoms with E-state index >= 15 is 0 Å². The molecule has 0 fully saturated rings. The smallest absolute Gasteiger partial charge is 0.435 e. The van der Waals surface area contributed by atoms with Crippen LogP contribution in [0, 0.1) is 0 Å². The molecule has 30 heavy (non-hydrogen) atoms. The van der Waals surface area contributed by atoms with Crippen LogP contribution in [-0.4, -0.2) is 30.8 Å². The first-order chi connectivity index (χ1) is 14.2. The van der Waals surface area contributed by atoms with Crippen molar-refractivity contribution in [1.29, 1.82) is 0 Å². The van der Waals surface area contributed by atoms with Gasteiger partial charge >= 0.3 is 12.1 Å². The third kappa shape index (κ3) is 4.88. The summed E-state index contributed by atoms with van der Waals surface area (Å²) in [5.74, 6) is -0.689. The SMILES string of the molecule is CCOC(=O)c1ccc(-n2nc(C(F)(F)F)cc2-c2ccc(C[SH](=O)=O)cc2)cc1. The maximum Gasteiger partial charge on any atom is 0.435 e. The number of thiol groups is 1. The Hall–Kier alpha value is -3.14. The van der Waals surface area contributed by atoms with Crippen LogP contribution in [0.1, 0.15) is 28.5 Å². The molecule has 0 bridgehead atoms. The molecular weight excluding hydrogens is 421 g/mol. The average Bonchev–Trinajstić information content (AvgIpc) is 3.14. The van der Waals surface area contributed by atoms with Crippen LogP contribution in [0.2, 0.25) is 0 Å². The number of rotatable bonds is 6. The third-order valence-corrected chi connectivity index (χ3v) is 4.81. The first kappa shape index (κ1) is 21.6. The minimum Gasteiger partial charge on any atom is -0.462 e. The average molecular weight is 438 g/mol. The van der Waals surface area contributed by atoms with E-state index in [0.717, 1.165) is 10.7 Å². The van der Waals surface area contributed by atoms with E-state index in [1.165, 1.54) is 48.5 Å². The number of nitrogens with zero attached hydrogens (tertiary/aromatic N) is 2. The van der Waals surface area contributed by atoms with Crippen molar-refractivity contribution in [3.63, 3.8) is 0 Å². The maximum absolute atomic E-state index is 13.3. The van der Waals surface area contributed by atoms with Crippen LogP contribution in [0.5, 0.6) is 0 Å². The highest BCUT2D eigenvalue weighted by Crippen LogP contribution is 2.33. The number of hydrogen-bond donors (Lipinski definition) is 1. The predicted octanol–water partition coefficient (Wildman–Crippen LogP) is 3.85. The highest BCUT2D eigenvalue weighted by Gasteiger charge is 2.35. The molecule has 6 nitrogen and oxygen atoms in total. The summed E-state index contributed by atoms with van der Waals surface area (Å²) in [6.07, 6.45) is -4.65. The number of benzene rings is 2. The van der Waals surface area contributed by atoms with Gasteiger partial charge < -0.3 is 4.74 Å². The van der Waals surface area contributed by atoms with E-state index in [1.54, 1.807) is 6.92 Å². The molecule has 0 amide bonds. The molecule has 0 saturated carbocycles. The molecule has 0 atom stereocenters. The number of ether oxygens (including phenoxy) is 1. The first-order valence-corrected chi connectivity index (χ1v) is 10.2. The van der Waals surface area contributed by atoms with Crippen molar-refractivity contribution in [3.8, 4) is 16.9 Å². The summed E-state index contributed by atoms with van der Waals surface area (Å²) in [5.41, 5.74) is 0.637. The van der Waals surface area contributed by atoms with Gasteiger partial charge in [0.15, 0.2) is 5.69 Å². The Labute approximate surface area is 171 Å². The summed E-state index contributed by atoms with van der Waals surface area (Å²) in [5, 5.41) is 3.69. The number of alkyl halides is 3. The van der Waals surface area contributed by atoms with Gasteiger partial charge in [-0.25, -0.2) is 17.9 Å². The van der Waals surface area contributed by atoms with Gasteiger partial charge in [0.2, 0.25) is 0 Å². The van der Waals surface area contributed by atoms with Crippen molar-refractivity contribution in [3.05, 3.63) is 71.4 Å². The summed E-state index contributed by atoms with van der Waals surface area (Å²) >= 11 is 0. The Morgan fingerprint density at radius 2 is 1.70 bits per heavy atom. The molecule has 0 saturated heterocycles. The number of hydrogen-bond acceptors (Lipinski definition) is 5. The zero-order chi connectivity index (χ0) is 21.9. The summed E-state index contributed by atoms with van der Waals surface area (Å²) in [4.78, 5) is 11.8. The van der Waals surface area contributed by atoms with Gasteiger partial charge in [-0.15, -0.1) is 0 Å². The van der Waals surface area contributed by atoms with Gasteiger partial charge in [0, 0.05) is 5.56 Å². The zero-order valence-corrected chi connectivity index (χ0v) is 16.6. The van der Waals surface area contributed by atoms with E-state index in [2.05, 4.69) is 5.10 Å². The molecule has 3 rings (SSSR count). The van der Waals surface area contributed by atoms with Gasteiger partial charge in [-0.2, -0.15) is 18.3 Å². The van der Waals surface area contributed by atoms with Crippen LogP contribution in [-0.2, 0) is 27.4 Å². The second kappa shape index (κ2) is 8.70. The van der Waals surface area contributed by atoms with Crippen molar-refractivity contribution in [2.45, 2.75) is 18.9 Å². The molecule has 0 spiro atoms. The molecular formula is C20H17F3N2O4S. The summed E-state index contributed by atoms with van der Waals surface area (Å²) < 4.78 is 67.6. The Bertz CT molecular complexity index is 1110. The fourth-order valence-electron chi connectivity index (χ4n) is 2.81. The van der Waals surface area contributed by atoms with Gasteiger partial charge in [-0.1, -0.05) is 24.3 Å². The number of halogens is 3. The molecule has 1 heterocycles. The standard InChI is InChI=1S/C20H17F3N2O4S/c1-2-29-19(26)15-7-9-16(10-8-15)25-17(11-18(24-25)20(21,22)23)14-5-3-13(4-6-14)12-30(27)28/h3-11,30H,2,12H2,1H3. The Balaban J connectivity index is 2.04. The molecule has 10 heteroatoms. The van der Waals surface area contributed by atoms with Crippen molar-refractivity contribution in [1.82, 2.24) is 9.78 Å². The van der Waals surface area contributed by atoms with E-state index in [1.807, 2.05) is 0 Å². The summed E-state index contributed by atoms with van der Waals surface area (Å²) in [6, 6.07) is 12.9. The first-order valence-electron chi connectivity index (χ1n) is 8.85. The molecule has 0 aliphatic carbocycles. The van der Waals surface area contributed by atoms with E-state index < -0.39 is 28.5 Å². The third-order valence-electron chi connectivity index (χ3n) is 4.18. The van der Waals surface area contributed by atoms with E-state index in [4.69, 9.17) is 4.74 Å². The van der Waals surface area contributed by atoms with E-state index in [9.17, 15) is 26.4 Å². The quantitative estimate of drug-likeness (QED) is 0.467. The van der Waals surface area contributed by atoms with Gasteiger partial charge in [-0.3, -0.25) is 0 Å². The van der Waals surface area contributed by atoms with Gasteiger partial charge in [0.05, 0.1) is 29.3 Å². The maximum atomic E-state index is 13.3. The lowest BCUT2D eigenvalue weighted by atomic mass is 10.1. The van der Waals surface area contributed by atoms with E-state index in [0.29, 0.717) is 16.8 Å². The van der Waals surface area contributed by atoms with Crippen LogP contribution < -0.4 is 0 Å². The van der Waals surface area contributed by atoms with Gasteiger partial charge in [0.25, 0.3) is 0 Å². The lowest BCUT2D eigenvalue weighted by Crippen LogP contribution is -2.08. The molecule has 1 aromatic heterocycles. The topological polar surface area (TPSA) is 78.3 Å². The Kier molecular flexibility index (Phi) is 6.25. The highest BCUT2D eigenvalue weighted by molar-refractivity contribution is 7.71. The number of carbonyl (C=O) groups excluding carboxylic acids is 1. The van der Waals surface area contributed by atoms with Crippen molar-refractivity contribution < 1.29 is 31.1 Å². The lowest BCUT2D eigenvalue weighted by molar-refractivity contribution is -0.141. The number of aromatic nitrogens is 2. The molecule has 0 aliphatic rings. The fraction of sp³-hybridized carbons (Fsp3) is 0.200. The monoisotopic (exact) mass is 438 g/mol. The van der Waals surface area contributed by atoms with Crippen LogP contribution in [0.3, 0.4) is 0 Å². The zero-order valence-electron chi connectivity index (χ0n) is 15.7. The summed E-state index contributed by atoms with van der Waals surface area (Å²) in [7, 11) is -2.61. The molecule has 0 unspecified atom stereocenters. The van der Waals surface area contributed by atoms with Crippen molar-refractivity contribution >= 4 is 16.7 Å². The van der Waals surface area contributed by atoms with Crippen LogP contribution in [0.15, 0.2) is 54.6 Å². The molecule has 0 N–H and O–H groups in total. The largest absolute Gasteiger partial charge is 0.462 e. The normalized spacial score (nSPS) is 11.6. The molecule has 2 aromatic carbocycles. The van der Waals surface area contributed by atoms with Gasteiger partial charge in [-0.05, 0) is 42.8 Å². The molecule has 158 valence electrons. The van der Waals surface area contributed by atoms with E-state index in [-0.39, 0.29) is 23.6 Å². The van der Waals surface area contributed by atoms with Crippen LogP contribution in [0.25, 0.3) is 16.9 Å². The second-order valence-electron chi connectivity index (χ2n) is 6.28. The molecule has 3 aromatic rings. The van der Waals surface area contributed by atoms with Crippen LogP contribution in [0.4, 0.5) is 13.2 Å². The van der Waals surface area contributed by atoms with Crippen LogP contribution >= 0.6 is 0 Å². The molecule has 0 aliphatic heterocycles. The highest BCUT2D eigenvalue weighted by atomic mass is 32.2. The second-order valence-corrected chi connectivity index (χ2v) is 7.26. The van der Waals surface area contributed by atoms with Crippen molar-refractivity contribution in [2.24, 2.45) is 0 Å². The predicted molar refractivity (Wildman–Crippen MR) is 104 cm³/mol. The van der Waals surface area contributed by atoms with Crippen molar-refractivity contribution in [2.75, 3.05) is 6.61 Å². The van der Waals surface area contributed by atoms with Gasteiger partial charge in [0.1, 0.15) is 10.7 Å². The Morgan fingerprint density at radius 1 is 1.07 bits per heavy atom. The Morgan fingerprint density at radius 3 is 2.23 bits per heavy atom. The number of esters is 1. The minimum absolute atomic E-state index is 0.155. The molecule has 0 radical (unpaired) electrons. The lowest BCUT2D eigenvalue weighted by Gasteiger charge is -2.09. The number of carbonyl (C=O) groups is 1. The minimum atomic E-state index is -4.65. The summed E-state index contributed by atoms with van der Waals surface area (Å²) in [6.45, 7) is 1.87.